The summed E-state index contributed by atoms with van der Waals surface area (Å²) in [5.41, 5.74) is 8.73. The Labute approximate surface area is 75.2 Å². The Bertz CT molecular complexity index is 232. The molecule has 1 heterocycles. The van der Waals surface area contributed by atoms with Crippen molar-refractivity contribution >= 4 is 11.8 Å². The SMILES string of the molecule is NNC(=O)NN.Nc1ccccn1. The molecule has 0 unspecified atom stereocenters. The van der Waals surface area contributed by atoms with Gasteiger partial charge in [-0.25, -0.2) is 21.5 Å². The van der Waals surface area contributed by atoms with Gasteiger partial charge in [-0.3, -0.25) is 10.9 Å². The molecule has 0 atom stereocenters. The summed E-state index contributed by atoms with van der Waals surface area (Å²) in [7, 11) is 0. The molecule has 8 N–H and O–H groups in total. The van der Waals surface area contributed by atoms with E-state index >= 15 is 0 Å². The maximum absolute atomic E-state index is 9.71. The molecule has 1 rings (SSSR count). The number of nitrogens with one attached hydrogen (secondary N) is 2. The molecular weight excluding hydrogens is 172 g/mol. The molecule has 0 saturated heterocycles. The van der Waals surface area contributed by atoms with Gasteiger partial charge in [-0.2, -0.15) is 0 Å². The molecular formula is C6H12N6O. The predicted octanol–water partition coefficient (Wildman–Crippen LogP) is -1.30. The Morgan fingerprint density at radius 3 is 2.08 bits per heavy atom. The number of hydrogen-bond donors (Lipinski definition) is 5. The van der Waals surface area contributed by atoms with Gasteiger partial charge in [0, 0.05) is 6.20 Å². The van der Waals surface area contributed by atoms with Gasteiger partial charge < -0.3 is 5.73 Å². The third-order valence-electron chi connectivity index (χ3n) is 0.950. The molecule has 1 aromatic rings. The first-order chi connectivity index (χ1) is 6.20. The molecule has 0 fully saturated rings. The van der Waals surface area contributed by atoms with E-state index in [1.54, 1.807) is 23.1 Å². The molecule has 0 bridgehead atoms. The second-order valence-corrected chi connectivity index (χ2v) is 1.87. The minimum absolute atomic E-state index is 0.572. The highest BCUT2D eigenvalue weighted by atomic mass is 16.2. The van der Waals surface area contributed by atoms with E-state index in [2.05, 4.69) is 16.7 Å². The summed E-state index contributed by atoms with van der Waals surface area (Å²) >= 11 is 0. The van der Waals surface area contributed by atoms with Crippen molar-refractivity contribution < 1.29 is 4.79 Å². The average molecular weight is 184 g/mol. The Morgan fingerprint density at radius 1 is 1.31 bits per heavy atom. The molecule has 0 aromatic carbocycles. The number of urea groups is 1. The smallest absolute Gasteiger partial charge is 0.343 e. The van der Waals surface area contributed by atoms with Gasteiger partial charge >= 0.3 is 6.03 Å². The molecule has 0 aliphatic heterocycles. The average Bonchev–Trinajstić information content (AvgIpc) is 2.19. The summed E-state index contributed by atoms with van der Waals surface area (Å²) in [6, 6.07) is 4.83. The summed E-state index contributed by atoms with van der Waals surface area (Å²) in [6.07, 6.45) is 1.66. The summed E-state index contributed by atoms with van der Waals surface area (Å²) in [4.78, 5) is 13.5. The number of carbonyl (C=O) groups is 1. The van der Waals surface area contributed by atoms with Crippen molar-refractivity contribution in [3.05, 3.63) is 24.4 Å². The molecule has 13 heavy (non-hydrogen) atoms. The Balaban J connectivity index is 0.000000226. The summed E-state index contributed by atoms with van der Waals surface area (Å²) in [6.45, 7) is 0. The fraction of sp³-hybridized carbons (Fsp3) is 0. The first kappa shape index (κ1) is 11.1. The number of aromatic nitrogens is 1. The molecule has 7 heteroatoms. The van der Waals surface area contributed by atoms with E-state index in [1.165, 1.54) is 0 Å². The van der Waals surface area contributed by atoms with Crippen LogP contribution in [-0.2, 0) is 0 Å². The van der Waals surface area contributed by atoms with Crippen LogP contribution >= 0.6 is 0 Å². The van der Waals surface area contributed by atoms with E-state index in [9.17, 15) is 4.79 Å². The second-order valence-electron chi connectivity index (χ2n) is 1.87. The number of nitrogen functional groups attached to an aromatic ring is 1. The molecule has 0 radical (unpaired) electrons. The van der Waals surface area contributed by atoms with Gasteiger partial charge in [0.2, 0.25) is 0 Å². The highest BCUT2D eigenvalue weighted by Crippen LogP contribution is 1.89. The summed E-state index contributed by atoms with van der Waals surface area (Å²) in [5, 5.41) is 0. The molecule has 0 aliphatic rings. The van der Waals surface area contributed by atoms with Crippen LogP contribution in [0, 0.1) is 0 Å². The molecule has 7 nitrogen and oxygen atoms in total. The third kappa shape index (κ3) is 6.53. The van der Waals surface area contributed by atoms with Crippen molar-refractivity contribution in [3.63, 3.8) is 0 Å². The van der Waals surface area contributed by atoms with Crippen molar-refractivity contribution in [3.8, 4) is 0 Å². The van der Waals surface area contributed by atoms with Crippen LogP contribution in [0.4, 0.5) is 10.6 Å². The minimum Gasteiger partial charge on any atom is -0.384 e. The number of anilines is 1. The Morgan fingerprint density at radius 2 is 1.92 bits per heavy atom. The summed E-state index contributed by atoms with van der Waals surface area (Å²) < 4.78 is 0. The van der Waals surface area contributed by atoms with Crippen LogP contribution in [0.1, 0.15) is 0 Å². The van der Waals surface area contributed by atoms with E-state index < -0.39 is 6.03 Å². The van der Waals surface area contributed by atoms with E-state index in [0.29, 0.717) is 5.82 Å². The third-order valence-corrected chi connectivity index (χ3v) is 0.950. The van der Waals surface area contributed by atoms with Crippen molar-refractivity contribution in [2.75, 3.05) is 5.73 Å². The van der Waals surface area contributed by atoms with Crippen LogP contribution in [0.5, 0.6) is 0 Å². The highest BCUT2D eigenvalue weighted by Gasteiger charge is 1.83. The molecule has 72 valence electrons. The van der Waals surface area contributed by atoms with Crippen LogP contribution in [0.25, 0.3) is 0 Å². The largest absolute Gasteiger partial charge is 0.384 e. The van der Waals surface area contributed by atoms with E-state index in [1.807, 2.05) is 12.1 Å². The molecule has 2 amide bonds. The standard InChI is InChI=1S/C5H6N2.CH6N4O/c6-5-3-1-2-4-7-5;2-4-1(6)5-3/h1-4H,(H2,6,7);2-3H2,(H2,4,5,6). The van der Waals surface area contributed by atoms with Gasteiger partial charge in [0.15, 0.2) is 0 Å². The minimum atomic E-state index is -0.602. The van der Waals surface area contributed by atoms with E-state index in [4.69, 9.17) is 5.73 Å². The second kappa shape index (κ2) is 6.83. The summed E-state index contributed by atoms with van der Waals surface area (Å²) in [5.74, 6) is 9.65. The van der Waals surface area contributed by atoms with Crippen LogP contribution in [0.15, 0.2) is 24.4 Å². The van der Waals surface area contributed by atoms with Gasteiger partial charge in [0.25, 0.3) is 0 Å². The number of hydrogen-bond acceptors (Lipinski definition) is 5. The van der Waals surface area contributed by atoms with Crippen LogP contribution in [-0.4, -0.2) is 11.0 Å². The van der Waals surface area contributed by atoms with E-state index in [-0.39, 0.29) is 0 Å². The quantitative estimate of drug-likeness (QED) is 0.194. The lowest BCUT2D eigenvalue weighted by atomic mass is 10.5. The van der Waals surface area contributed by atoms with Crippen LogP contribution < -0.4 is 28.3 Å². The van der Waals surface area contributed by atoms with Gasteiger partial charge in [-0.1, -0.05) is 6.07 Å². The first-order valence-corrected chi connectivity index (χ1v) is 3.34. The van der Waals surface area contributed by atoms with Gasteiger partial charge in [-0.15, -0.1) is 0 Å². The van der Waals surface area contributed by atoms with Crippen molar-refractivity contribution in [1.29, 1.82) is 0 Å². The lowest BCUT2D eigenvalue weighted by Gasteiger charge is -1.90. The van der Waals surface area contributed by atoms with Gasteiger partial charge in [-0.05, 0) is 12.1 Å². The highest BCUT2D eigenvalue weighted by molar-refractivity contribution is 5.72. The maximum Gasteiger partial charge on any atom is 0.343 e. The van der Waals surface area contributed by atoms with E-state index in [0.717, 1.165) is 0 Å². The first-order valence-electron chi connectivity index (χ1n) is 3.34. The normalized spacial score (nSPS) is 7.85. The van der Waals surface area contributed by atoms with Gasteiger partial charge in [0.1, 0.15) is 5.82 Å². The maximum atomic E-state index is 9.71. The zero-order valence-corrected chi connectivity index (χ0v) is 6.90. The number of carbonyl (C=O) groups excluding carboxylic acids is 1. The molecule has 0 spiro atoms. The van der Waals surface area contributed by atoms with Gasteiger partial charge in [0.05, 0.1) is 0 Å². The lowest BCUT2D eigenvalue weighted by Crippen LogP contribution is -2.43. The van der Waals surface area contributed by atoms with Crippen molar-refractivity contribution in [2.45, 2.75) is 0 Å². The number of amides is 2. The molecule has 0 aliphatic carbocycles. The zero-order valence-electron chi connectivity index (χ0n) is 6.90. The van der Waals surface area contributed by atoms with Crippen LogP contribution in [0.2, 0.25) is 0 Å². The fourth-order valence-corrected chi connectivity index (χ4v) is 0.418. The lowest BCUT2D eigenvalue weighted by molar-refractivity contribution is 0.241. The number of nitrogens with zero attached hydrogens (tertiary/aromatic N) is 1. The molecule has 1 aromatic heterocycles. The Kier molecular flexibility index (Phi) is 5.85. The predicted molar refractivity (Wildman–Crippen MR) is 48.7 cm³/mol. The number of rotatable bonds is 0. The monoisotopic (exact) mass is 184 g/mol. The Hall–Kier alpha value is -1.86. The number of pyridine rings is 1. The number of nitrogens with two attached hydrogens (primary N) is 3. The molecule has 0 saturated carbocycles. The number of hydrazine groups is 2. The zero-order chi connectivity index (χ0) is 10.1. The topological polar surface area (TPSA) is 132 Å². The van der Waals surface area contributed by atoms with Crippen molar-refractivity contribution in [2.24, 2.45) is 11.7 Å². The van der Waals surface area contributed by atoms with Crippen LogP contribution in [0.3, 0.4) is 0 Å². The van der Waals surface area contributed by atoms with Crippen molar-refractivity contribution in [1.82, 2.24) is 15.8 Å². The fourth-order valence-electron chi connectivity index (χ4n) is 0.418.